The van der Waals surface area contributed by atoms with Crippen LogP contribution < -0.4 is 9.64 Å². The van der Waals surface area contributed by atoms with E-state index in [1.165, 1.54) is 17.7 Å². The molecule has 2 heterocycles. The molecular formula is C27H22F3NO5. The van der Waals surface area contributed by atoms with Crippen LogP contribution in [-0.2, 0) is 22.4 Å². The highest BCUT2D eigenvalue weighted by molar-refractivity contribution is 6.51. The quantitative estimate of drug-likeness (QED) is 0.272. The lowest BCUT2D eigenvalue weighted by Crippen LogP contribution is -2.29. The van der Waals surface area contributed by atoms with Crippen molar-refractivity contribution in [3.8, 4) is 5.75 Å². The summed E-state index contributed by atoms with van der Waals surface area (Å²) in [4.78, 5) is 27.5. The highest BCUT2D eigenvalue weighted by Crippen LogP contribution is 2.43. The van der Waals surface area contributed by atoms with Gasteiger partial charge in [0.05, 0.1) is 5.57 Å². The average Bonchev–Trinajstić information content (AvgIpc) is 3.38. The fourth-order valence-electron chi connectivity index (χ4n) is 4.84. The number of aryl methyl sites for hydroxylation is 3. The Bertz CT molecular complexity index is 1390. The van der Waals surface area contributed by atoms with Gasteiger partial charge in [-0.3, -0.25) is 14.5 Å². The van der Waals surface area contributed by atoms with Gasteiger partial charge in [-0.2, -0.15) is 0 Å². The maximum atomic E-state index is 13.2. The molecule has 1 atom stereocenters. The number of nitrogens with zero attached hydrogens (tertiary/aromatic N) is 1. The van der Waals surface area contributed by atoms with Crippen molar-refractivity contribution in [1.29, 1.82) is 0 Å². The lowest BCUT2D eigenvalue weighted by molar-refractivity contribution is -0.274. The van der Waals surface area contributed by atoms with Gasteiger partial charge in [0.25, 0.3) is 11.7 Å². The number of carbonyl (C=O) groups excluding carboxylic acids is 2. The smallest absolute Gasteiger partial charge is 0.507 e. The highest BCUT2D eigenvalue weighted by Gasteiger charge is 2.48. The van der Waals surface area contributed by atoms with Crippen molar-refractivity contribution in [3.05, 3.63) is 88.4 Å². The Morgan fingerprint density at radius 2 is 1.78 bits per heavy atom. The molecule has 1 fully saturated rings. The predicted octanol–water partition coefficient (Wildman–Crippen LogP) is 5.99. The molecule has 2 aromatic carbocycles. The summed E-state index contributed by atoms with van der Waals surface area (Å²) in [5, 5.41) is 11.3. The SMILES string of the molecule is Cc1ccc(C2/C(=C(/O)c3ccc4c(c3)CCCC4)C(=O)C(=O)N2c2cccc(OC(F)(F)F)c2)o1. The standard InChI is InChI=1S/C27H22F3NO5/c1-15-9-12-21(35-15)23-22(24(32)18-11-10-16-5-2-3-6-17(16)13-18)25(33)26(34)31(23)19-7-4-8-20(14-19)36-27(28,29)30/h4,7-14,23,32H,2-3,5-6H2,1H3/b24-22-. The Balaban J connectivity index is 1.64. The fraction of sp³-hybridized carbons (Fsp3) is 0.259. The van der Waals surface area contributed by atoms with Crippen LogP contribution >= 0.6 is 0 Å². The largest absolute Gasteiger partial charge is 0.573 e. The van der Waals surface area contributed by atoms with Crippen LogP contribution in [0.1, 0.15) is 47.1 Å². The van der Waals surface area contributed by atoms with E-state index in [0.29, 0.717) is 11.3 Å². The first-order valence-corrected chi connectivity index (χ1v) is 11.5. The number of ketones is 1. The highest BCUT2D eigenvalue weighted by atomic mass is 19.4. The van der Waals surface area contributed by atoms with Gasteiger partial charge in [0.15, 0.2) is 0 Å². The number of alkyl halides is 3. The third kappa shape index (κ3) is 4.36. The summed E-state index contributed by atoms with van der Waals surface area (Å²) in [6.07, 6.45) is -1.06. The van der Waals surface area contributed by atoms with Crippen LogP contribution in [0.5, 0.6) is 5.75 Å². The Morgan fingerprint density at radius 1 is 1.03 bits per heavy atom. The zero-order chi connectivity index (χ0) is 25.6. The molecule has 6 nitrogen and oxygen atoms in total. The first-order valence-electron chi connectivity index (χ1n) is 11.5. The van der Waals surface area contributed by atoms with Crippen molar-refractivity contribution in [2.45, 2.75) is 45.0 Å². The van der Waals surface area contributed by atoms with Crippen molar-refractivity contribution < 1.29 is 37.0 Å². The molecule has 1 aromatic heterocycles. The van der Waals surface area contributed by atoms with E-state index in [9.17, 15) is 27.9 Å². The predicted molar refractivity (Wildman–Crippen MR) is 124 cm³/mol. The van der Waals surface area contributed by atoms with Gasteiger partial charge in [0, 0.05) is 17.3 Å². The molecule has 186 valence electrons. The summed E-state index contributed by atoms with van der Waals surface area (Å²) in [7, 11) is 0. The van der Waals surface area contributed by atoms with Crippen LogP contribution in [0.3, 0.4) is 0 Å². The average molecular weight is 497 g/mol. The topological polar surface area (TPSA) is 80.0 Å². The molecule has 5 rings (SSSR count). The van der Waals surface area contributed by atoms with Crippen LogP contribution in [0, 0.1) is 6.92 Å². The summed E-state index contributed by atoms with van der Waals surface area (Å²) in [5.74, 6) is -2.20. The van der Waals surface area contributed by atoms with Gasteiger partial charge < -0.3 is 14.3 Å². The van der Waals surface area contributed by atoms with E-state index < -0.39 is 29.8 Å². The molecule has 2 aliphatic rings. The zero-order valence-electron chi connectivity index (χ0n) is 19.3. The van der Waals surface area contributed by atoms with Gasteiger partial charge in [-0.1, -0.05) is 18.2 Å². The van der Waals surface area contributed by atoms with E-state index in [-0.39, 0.29) is 22.8 Å². The Hall–Kier alpha value is -4.01. The van der Waals surface area contributed by atoms with Gasteiger partial charge in [-0.05, 0) is 74.1 Å². The number of Topliss-reactive ketones (excluding diaryl/α,β-unsaturated/α-hetero) is 1. The fourth-order valence-corrected chi connectivity index (χ4v) is 4.84. The van der Waals surface area contributed by atoms with Crippen molar-refractivity contribution in [2.75, 3.05) is 4.90 Å². The number of furan rings is 1. The molecule has 0 spiro atoms. The van der Waals surface area contributed by atoms with E-state index in [1.807, 2.05) is 12.1 Å². The minimum Gasteiger partial charge on any atom is -0.507 e. The number of carbonyl (C=O) groups is 2. The lowest BCUT2D eigenvalue weighted by atomic mass is 9.89. The number of aliphatic hydroxyl groups excluding tert-OH is 1. The second-order valence-electron chi connectivity index (χ2n) is 8.85. The third-order valence-electron chi connectivity index (χ3n) is 6.43. The summed E-state index contributed by atoms with van der Waals surface area (Å²) in [6, 6.07) is 12.2. The number of benzene rings is 2. The minimum absolute atomic E-state index is 0.0117. The monoisotopic (exact) mass is 497 g/mol. The molecule has 1 aliphatic heterocycles. The first-order chi connectivity index (χ1) is 17.1. The van der Waals surface area contributed by atoms with Crippen LogP contribution in [0.2, 0.25) is 0 Å². The number of rotatable bonds is 4. The molecule has 1 N–H and O–H groups in total. The first kappa shape index (κ1) is 23.7. The number of amides is 1. The molecule has 1 aliphatic carbocycles. The van der Waals surface area contributed by atoms with E-state index in [4.69, 9.17) is 4.42 Å². The number of ether oxygens (including phenoxy) is 1. The molecular weight excluding hydrogens is 475 g/mol. The summed E-state index contributed by atoms with van der Waals surface area (Å²) in [6.45, 7) is 1.68. The molecule has 1 amide bonds. The molecule has 9 heteroatoms. The van der Waals surface area contributed by atoms with Crippen LogP contribution in [0.4, 0.5) is 18.9 Å². The summed E-state index contributed by atoms with van der Waals surface area (Å²) < 4.78 is 48.1. The minimum atomic E-state index is -4.93. The number of hydrogen-bond donors (Lipinski definition) is 1. The number of aliphatic hydroxyl groups is 1. The van der Waals surface area contributed by atoms with E-state index in [0.717, 1.165) is 48.3 Å². The van der Waals surface area contributed by atoms with Gasteiger partial charge >= 0.3 is 6.36 Å². The second-order valence-corrected chi connectivity index (χ2v) is 8.85. The maximum Gasteiger partial charge on any atom is 0.573 e. The Kier molecular flexibility index (Phi) is 5.86. The second kappa shape index (κ2) is 8.89. The molecule has 1 unspecified atom stereocenters. The third-order valence-corrected chi connectivity index (χ3v) is 6.43. The van der Waals surface area contributed by atoms with E-state index in [2.05, 4.69) is 4.74 Å². The van der Waals surface area contributed by atoms with Crippen molar-refractivity contribution in [2.24, 2.45) is 0 Å². The molecule has 0 radical (unpaired) electrons. The molecule has 0 saturated carbocycles. The number of hydrogen-bond acceptors (Lipinski definition) is 5. The van der Waals surface area contributed by atoms with E-state index >= 15 is 0 Å². The lowest BCUT2D eigenvalue weighted by Gasteiger charge is -2.24. The van der Waals surface area contributed by atoms with Crippen LogP contribution in [0.15, 0.2) is 64.6 Å². The maximum absolute atomic E-state index is 13.2. The Morgan fingerprint density at radius 3 is 2.47 bits per heavy atom. The Labute approximate surface area is 204 Å². The van der Waals surface area contributed by atoms with Crippen molar-refractivity contribution in [3.63, 3.8) is 0 Å². The van der Waals surface area contributed by atoms with Gasteiger partial charge in [0.1, 0.15) is 29.1 Å². The summed E-state index contributed by atoms with van der Waals surface area (Å²) in [5.41, 5.74) is 2.42. The van der Waals surface area contributed by atoms with Crippen molar-refractivity contribution >= 4 is 23.1 Å². The van der Waals surface area contributed by atoms with Gasteiger partial charge in [0.2, 0.25) is 0 Å². The summed E-state index contributed by atoms with van der Waals surface area (Å²) >= 11 is 0. The normalized spacial score (nSPS) is 19.4. The molecule has 36 heavy (non-hydrogen) atoms. The van der Waals surface area contributed by atoms with Gasteiger partial charge in [-0.25, -0.2) is 0 Å². The van der Waals surface area contributed by atoms with Crippen LogP contribution in [-0.4, -0.2) is 23.2 Å². The van der Waals surface area contributed by atoms with Crippen LogP contribution in [0.25, 0.3) is 5.76 Å². The number of anilines is 1. The zero-order valence-corrected chi connectivity index (χ0v) is 19.3. The number of fused-ring (bicyclic) bond motifs is 1. The van der Waals surface area contributed by atoms with Crippen molar-refractivity contribution in [1.82, 2.24) is 0 Å². The number of halogens is 3. The van der Waals surface area contributed by atoms with E-state index in [1.54, 1.807) is 25.1 Å². The van der Waals surface area contributed by atoms with Gasteiger partial charge in [-0.15, -0.1) is 13.2 Å². The molecule has 0 bridgehead atoms. The molecule has 3 aromatic rings. The molecule has 1 saturated heterocycles.